The summed E-state index contributed by atoms with van der Waals surface area (Å²) in [5.74, 6) is 0.791. The number of halogens is 2. The van der Waals surface area contributed by atoms with Gasteiger partial charge in [0.1, 0.15) is 12.1 Å². The second kappa shape index (κ2) is 5.88. The fourth-order valence-electron chi connectivity index (χ4n) is 2.26. The van der Waals surface area contributed by atoms with E-state index in [2.05, 4.69) is 15.3 Å². The van der Waals surface area contributed by atoms with E-state index in [4.69, 9.17) is 23.2 Å². The molecule has 1 atom stereocenters. The number of para-hydroxylation sites is 1. The molecule has 0 aliphatic carbocycles. The number of nitrogens with one attached hydrogen (secondary N) is 1. The Morgan fingerprint density at radius 3 is 2.67 bits per heavy atom. The lowest BCUT2D eigenvalue weighted by Crippen LogP contribution is -2.09. The highest BCUT2D eigenvalue weighted by Gasteiger charge is 2.12. The van der Waals surface area contributed by atoms with Gasteiger partial charge in [0.2, 0.25) is 0 Å². The maximum absolute atomic E-state index is 6.25. The number of hydrogen-bond donors (Lipinski definition) is 1. The molecule has 1 aromatic heterocycles. The number of benzene rings is 2. The predicted octanol–water partition coefficient (Wildman–Crippen LogP) is 5.11. The van der Waals surface area contributed by atoms with Crippen molar-refractivity contribution >= 4 is 39.9 Å². The maximum Gasteiger partial charge on any atom is 0.137 e. The van der Waals surface area contributed by atoms with E-state index in [-0.39, 0.29) is 6.04 Å². The SMILES string of the molecule is CC(Nc1ncnc2ccccc12)c1ccc(Cl)cc1Cl. The Morgan fingerprint density at radius 2 is 1.86 bits per heavy atom. The van der Waals surface area contributed by atoms with Crippen LogP contribution >= 0.6 is 23.2 Å². The summed E-state index contributed by atoms with van der Waals surface area (Å²) in [7, 11) is 0. The smallest absolute Gasteiger partial charge is 0.137 e. The quantitative estimate of drug-likeness (QED) is 0.729. The minimum absolute atomic E-state index is 0.00747. The first-order valence-corrected chi connectivity index (χ1v) is 7.32. The number of fused-ring (bicyclic) bond motifs is 1. The van der Waals surface area contributed by atoms with Gasteiger partial charge in [0.05, 0.1) is 11.6 Å². The van der Waals surface area contributed by atoms with Crippen LogP contribution in [-0.2, 0) is 0 Å². The first-order valence-electron chi connectivity index (χ1n) is 6.56. The highest BCUT2D eigenvalue weighted by atomic mass is 35.5. The molecule has 3 rings (SSSR count). The average Bonchev–Trinajstić information content (AvgIpc) is 2.47. The molecule has 1 heterocycles. The molecule has 0 radical (unpaired) electrons. The fraction of sp³-hybridized carbons (Fsp3) is 0.125. The third-order valence-corrected chi connectivity index (χ3v) is 3.89. The van der Waals surface area contributed by atoms with Crippen LogP contribution in [0.3, 0.4) is 0 Å². The van der Waals surface area contributed by atoms with Gasteiger partial charge >= 0.3 is 0 Å². The molecule has 106 valence electrons. The Labute approximate surface area is 132 Å². The molecule has 1 unspecified atom stereocenters. The summed E-state index contributed by atoms with van der Waals surface area (Å²) in [6.07, 6.45) is 1.56. The van der Waals surface area contributed by atoms with Gasteiger partial charge in [-0.25, -0.2) is 9.97 Å². The number of hydrogen-bond acceptors (Lipinski definition) is 3. The lowest BCUT2D eigenvalue weighted by atomic mass is 10.1. The van der Waals surface area contributed by atoms with E-state index in [9.17, 15) is 0 Å². The van der Waals surface area contributed by atoms with Crippen molar-refractivity contribution in [3.05, 3.63) is 64.4 Å². The Kier molecular flexibility index (Phi) is 3.95. The predicted molar refractivity (Wildman–Crippen MR) is 88.0 cm³/mol. The zero-order valence-electron chi connectivity index (χ0n) is 11.3. The van der Waals surface area contributed by atoms with Crippen molar-refractivity contribution in [1.82, 2.24) is 9.97 Å². The van der Waals surface area contributed by atoms with Crippen molar-refractivity contribution in [3.63, 3.8) is 0 Å². The largest absolute Gasteiger partial charge is 0.363 e. The van der Waals surface area contributed by atoms with Crippen LogP contribution in [0.1, 0.15) is 18.5 Å². The second-order valence-electron chi connectivity index (χ2n) is 4.77. The zero-order valence-corrected chi connectivity index (χ0v) is 12.9. The number of anilines is 1. The molecule has 21 heavy (non-hydrogen) atoms. The highest BCUT2D eigenvalue weighted by Crippen LogP contribution is 2.29. The Bertz CT molecular complexity index is 784. The van der Waals surface area contributed by atoms with Gasteiger partial charge in [0.25, 0.3) is 0 Å². The van der Waals surface area contributed by atoms with Crippen molar-refractivity contribution < 1.29 is 0 Å². The summed E-state index contributed by atoms with van der Waals surface area (Å²) in [4.78, 5) is 8.58. The van der Waals surface area contributed by atoms with Crippen LogP contribution < -0.4 is 5.32 Å². The van der Waals surface area contributed by atoms with Crippen molar-refractivity contribution in [3.8, 4) is 0 Å². The van der Waals surface area contributed by atoms with Crippen molar-refractivity contribution in [2.45, 2.75) is 13.0 Å². The monoisotopic (exact) mass is 317 g/mol. The minimum Gasteiger partial charge on any atom is -0.363 e. The molecule has 0 amide bonds. The van der Waals surface area contributed by atoms with Crippen molar-refractivity contribution in [2.75, 3.05) is 5.32 Å². The third-order valence-electron chi connectivity index (χ3n) is 3.33. The molecule has 0 spiro atoms. The van der Waals surface area contributed by atoms with Crippen LogP contribution in [0.15, 0.2) is 48.8 Å². The Hall–Kier alpha value is -1.84. The van der Waals surface area contributed by atoms with Crippen LogP contribution in [0, 0.1) is 0 Å². The molecule has 3 aromatic rings. The molecule has 0 aliphatic rings. The maximum atomic E-state index is 6.25. The molecule has 2 aromatic carbocycles. The van der Waals surface area contributed by atoms with E-state index in [1.165, 1.54) is 0 Å². The van der Waals surface area contributed by atoms with Crippen LogP contribution in [0.4, 0.5) is 5.82 Å². The van der Waals surface area contributed by atoms with Crippen molar-refractivity contribution in [1.29, 1.82) is 0 Å². The fourth-order valence-corrected chi connectivity index (χ4v) is 2.83. The van der Waals surface area contributed by atoms with Crippen LogP contribution in [0.5, 0.6) is 0 Å². The summed E-state index contributed by atoms with van der Waals surface area (Å²) in [5, 5.41) is 5.63. The lowest BCUT2D eigenvalue weighted by Gasteiger charge is -2.17. The second-order valence-corrected chi connectivity index (χ2v) is 5.61. The van der Waals surface area contributed by atoms with Gasteiger partial charge < -0.3 is 5.32 Å². The molecule has 5 heteroatoms. The summed E-state index contributed by atoms with van der Waals surface area (Å²) in [5.41, 5.74) is 1.88. The van der Waals surface area contributed by atoms with E-state index in [1.54, 1.807) is 12.4 Å². The molecule has 1 N–H and O–H groups in total. The summed E-state index contributed by atoms with van der Waals surface area (Å²) in [6, 6.07) is 13.4. The number of aromatic nitrogens is 2. The van der Waals surface area contributed by atoms with Crippen LogP contribution in [0.2, 0.25) is 10.0 Å². The zero-order chi connectivity index (χ0) is 14.8. The van der Waals surface area contributed by atoms with E-state index >= 15 is 0 Å². The standard InChI is InChI=1S/C16H13Cl2N3/c1-10(12-7-6-11(17)8-14(12)18)21-16-13-4-2-3-5-15(13)19-9-20-16/h2-10H,1H3,(H,19,20,21). The first-order chi connectivity index (χ1) is 10.1. The van der Waals surface area contributed by atoms with Gasteiger partial charge in [-0.1, -0.05) is 41.4 Å². The molecule has 0 saturated carbocycles. The molecule has 0 fully saturated rings. The molecule has 0 bridgehead atoms. The summed E-state index contributed by atoms with van der Waals surface area (Å²) >= 11 is 12.2. The van der Waals surface area contributed by atoms with E-state index in [0.717, 1.165) is 22.3 Å². The van der Waals surface area contributed by atoms with Crippen LogP contribution in [-0.4, -0.2) is 9.97 Å². The van der Waals surface area contributed by atoms with E-state index < -0.39 is 0 Å². The average molecular weight is 318 g/mol. The minimum atomic E-state index is 0.00747. The lowest BCUT2D eigenvalue weighted by molar-refractivity contribution is 0.876. The van der Waals surface area contributed by atoms with Gasteiger partial charge in [-0.15, -0.1) is 0 Å². The highest BCUT2D eigenvalue weighted by molar-refractivity contribution is 6.35. The van der Waals surface area contributed by atoms with E-state index in [0.29, 0.717) is 10.0 Å². The number of nitrogens with zero attached hydrogens (tertiary/aromatic N) is 2. The summed E-state index contributed by atoms with van der Waals surface area (Å²) < 4.78 is 0. The van der Waals surface area contributed by atoms with Gasteiger partial charge in [0.15, 0.2) is 0 Å². The Balaban J connectivity index is 1.94. The van der Waals surface area contributed by atoms with Gasteiger partial charge in [0, 0.05) is 15.4 Å². The topological polar surface area (TPSA) is 37.8 Å². The van der Waals surface area contributed by atoms with Crippen molar-refractivity contribution in [2.24, 2.45) is 0 Å². The molecule has 0 saturated heterocycles. The molecule has 3 nitrogen and oxygen atoms in total. The van der Waals surface area contributed by atoms with E-state index in [1.807, 2.05) is 43.3 Å². The van der Waals surface area contributed by atoms with Gasteiger partial charge in [-0.2, -0.15) is 0 Å². The first kappa shape index (κ1) is 14.1. The normalized spacial score (nSPS) is 12.3. The molecule has 0 aliphatic heterocycles. The third kappa shape index (κ3) is 2.94. The Morgan fingerprint density at radius 1 is 1.05 bits per heavy atom. The van der Waals surface area contributed by atoms with Gasteiger partial charge in [-0.05, 0) is 36.8 Å². The molecular formula is C16H13Cl2N3. The van der Waals surface area contributed by atoms with Crippen LogP contribution in [0.25, 0.3) is 10.9 Å². The summed E-state index contributed by atoms with van der Waals surface area (Å²) in [6.45, 7) is 2.03. The molecular weight excluding hydrogens is 305 g/mol. The number of rotatable bonds is 3. The van der Waals surface area contributed by atoms with Gasteiger partial charge in [-0.3, -0.25) is 0 Å².